The van der Waals surface area contributed by atoms with Crippen LogP contribution in [-0.2, 0) is 0 Å². The first-order valence-corrected chi connectivity index (χ1v) is 5.24. The Kier molecular flexibility index (Phi) is 3.36. The van der Waals surface area contributed by atoms with Gasteiger partial charge in [0.2, 0.25) is 11.8 Å². The minimum Gasteiger partial charge on any atom is -0.436 e. The molecule has 0 aliphatic heterocycles. The van der Waals surface area contributed by atoms with Crippen molar-refractivity contribution < 1.29 is 13.5 Å². The van der Waals surface area contributed by atoms with Crippen LogP contribution in [0.1, 0.15) is 5.56 Å². The van der Waals surface area contributed by atoms with Crippen molar-refractivity contribution in [3.63, 3.8) is 0 Å². The first kappa shape index (κ1) is 12.2. The number of ether oxygens (including phenoxy) is 1. The normalized spacial score (nSPS) is 10.2. The number of anilines is 1. The van der Waals surface area contributed by atoms with Crippen LogP contribution in [0.15, 0.2) is 24.4 Å². The van der Waals surface area contributed by atoms with E-state index in [0.717, 1.165) is 6.20 Å². The van der Waals surface area contributed by atoms with Gasteiger partial charge in [-0.1, -0.05) is 0 Å². The lowest BCUT2D eigenvalue weighted by molar-refractivity contribution is 0.417. The molecule has 94 valence electrons. The van der Waals surface area contributed by atoms with Crippen molar-refractivity contribution in [2.75, 3.05) is 12.4 Å². The summed E-state index contributed by atoms with van der Waals surface area (Å²) in [4.78, 5) is 7.53. The number of hydrogen-bond donors (Lipinski definition) is 1. The predicted molar refractivity (Wildman–Crippen MR) is 62.7 cm³/mol. The summed E-state index contributed by atoms with van der Waals surface area (Å²) < 4.78 is 31.7. The molecule has 0 aliphatic carbocycles. The Morgan fingerprint density at radius 2 is 2.06 bits per heavy atom. The highest BCUT2D eigenvalue weighted by molar-refractivity contribution is 5.37. The van der Waals surface area contributed by atoms with Gasteiger partial charge in [-0.3, -0.25) is 0 Å². The summed E-state index contributed by atoms with van der Waals surface area (Å²) in [6, 6.07) is 3.96. The lowest BCUT2D eigenvalue weighted by Crippen LogP contribution is -2.00. The molecule has 2 rings (SSSR count). The van der Waals surface area contributed by atoms with E-state index in [-0.39, 0.29) is 17.6 Å². The molecule has 0 fully saturated rings. The maximum atomic E-state index is 13.5. The molecule has 0 saturated heterocycles. The van der Waals surface area contributed by atoms with E-state index in [1.807, 2.05) is 0 Å². The summed E-state index contributed by atoms with van der Waals surface area (Å²) >= 11 is 0. The molecular formula is C12H11F2N3O. The summed E-state index contributed by atoms with van der Waals surface area (Å²) in [5.41, 5.74) is 0.555. The van der Waals surface area contributed by atoms with Crippen LogP contribution in [0.3, 0.4) is 0 Å². The first-order chi connectivity index (χ1) is 8.60. The predicted octanol–water partition coefficient (Wildman–Crippen LogP) is 2.90. The minimum atomic E-state index is -0.683. The number of nitrogens with zero attached hydrogens (tertiary/aromatic N) is 2. The van der Waals surface area contributed by atoms with E-state index in [4.69, 9.17) is 4.74 Å². The van der Waals surface area contributed by atoms with E-state index >= 15 is 0 Å². The first-order valence-electron chi connectivity index (χ1n) is 5.24. The molecule has 1 aromatic carbocycles. The summed E-state index contributed by atoms with van der Waals surface area (Å²) in [5.74, 6) is -0.678. The minimum absolute atomic E-state index is 0.205. The zero-order valence-electron chi connectivity index (χ0n) is 9.87. The Bertz CT molecular complexity index is 575. The molecule has 4 nitrogen and oxygen atoms in total. The second kappa shape index (κ2) is 4.95. The van der Waals surface area contributed by atoms with Gasteiger partial charge in [0.25, 0.3) is 5.88 Å². The van der Waals surface area contributed by atoms with Crippen LogP contribution in [-0.4, -0.2) is 17.0 Å². The maximum absolute atomic E-state index is 13.5. The van der Waals surface area contributed by atoms with Gasteiger partial charge in [0, 0.05) is 7.05 Å². The third-order valence-corrected chi connectivity index (χ3v) is 2.28. The van der Waals surface area contributed by atoms with Crippen LogP contribution < -0.4 is 10.1 Å². The number of aromatic nitrogens is 2. The second-order valence-corrected chi connectivity index (χ2v) is 3.61. The van der Waals surface area contributed by atoms with Gasteiger partial charge < -0.3 is 10.1 Å². The fourth-order valence-electron chi connectivity index (χ4n) is 1.37. The molecule has 0 atom stereocenters. The fraction of sp³-hybridized carbons (Fsp3) is 0.167. The second-order valence-electron chi connectivity index (χ2n) is 3.61. The van der Waals surface area contributed by atoms with Gasteiger partial charge in [0.05, 0.1) is 6.20 Å². The van der Waals surface area contributed by atoms with E-state index in [1.54, 1.807) is 14.0 Å². The molecule has 1 aromatic heterocycles. The van der Waals surface area contributed by atoms with Crippen molar-refractivity contribution >= 4 is 5.95 Å². The molecule has 0 radical (unpaired) electrons. The zero-order chi connectivity index (χ0) is 13.1. The van der Waals surface area contributed by atoms with Crippen LogP contribution in [0.5, 0.6) is 11.6 Å². The van der Waals surface area contributed by atoms with Crippen LogP contribution in [0.2, 0.25) is 0 Å². The zero-order valence-corrected chi connectivity index (χ0v) is 9.87. The number of aryl methyl sites for hydroxylation is 1. The number of rotatable bonds is 3. The van der Waals surface area contributed by atoms with Crippen molar-refractivity contribution in [1.29, 1.82) is 0 Å². The summed E-state index contributed by atoms with van der Waals surface area (Å²) in [6.45, 7) is 1.66. The van der Waals surface area contributed by atoms with Crippen molar-refractivity contribution in [3.05, 3.63) is 41.6 Å². The van der Waals surface area contributed by atoms with Gasteiger partial charge >= 0.3 is 0 Å². The number of nitrogens with one attached hydrogen (secondary N) is 1. The summed E-state index contributed by atoms with van der Waals surface area (Å²) in [6.07, 6.45) is 1.01. The third-order valence-electron chi connectivity index (χ3n) is 2.28. The topological polar surface area (TPSA) is 47.0 Å². The van der Waals surface area contributed by atoms with E-state index in [9.17, 15) is 8.78 Å². The molecule has 0 amide bonds. The highest BCUT2D eigenvalue weighted by Gasteiger charge is 2.10. The highest BCUT2D eigenvalue weighted by atomic mass is 19.1. The standard InChI is InChI=1S/C12H11F2N3O/c1-7-5-8(13)3-4-10(7)18-11-9(14)6-16-12(15-2)17-11/h3-6H,1-2H3,(H,15,16,17). The average Bonchev–Trinajstić information content (AvgIpc) is 2.35. The van der Waals surface area contributed by atoms with E-state index in [0.29, 0.717) is 11.3 Å². The third kappa shape index (κ3) is 2.53. The summed E-state index contributed by atoms with van der Waals surface area (Å²) in [7, 11) is 1.61. The molecule has 0 spiro atoms. The molecule has 18 heavy (non-hydrogen) atoms. The lowest BCUT2D eigenvalue weighted by Gasteiger charge is -2.09. The molecular weight excluding hydrogens is 240 g/mol. The number of benzene rings is 1. The monoisotopic (exact) mass is 251 g/mol. The molecule has 1 N–H and O–H groups in total. The van der Waals surface area contributed by atoms with Gasteiger partial charge in [0.15, 0.2) is 0 Å². The van der Waals surface area contributed by atoms with Crippen molar-refractivity contribution in [2.24, 2.45) is 0 Å². The molecule has 1 heterocycles. The maximum Gasteiger partial charge on any atom is 0.260 e. The SMILES string of the molecule is CNc1ncc(F)c(Oc2ccc(F)cc2C)n1. The van der Waals surface area contributed by atoms with Crippen molar-refractivity contribution in [3.8, 4) is 11.6 Å². The van der Waals surface area contributed by atoms with Crippen LogP contribution >= 0.6 is 0 Å². The van der Waals surface area contributed by atoms with Crippen molar-refractivity contribution in [2.45, 2.75) is 6.92 Å². The molecule has 0 unspecified atom stereocenters. The van der Waals surface area contributed by atoms with Gasteiger partial charge in [-0.25, -0.2) is 9.37 Å². The quantitative estimate of drug-likeness (QED) is 0.911. The number of hydrogen-bond acceptors (Lipinski definition) is 4. The van der Waals surface area contributed by atoms with E-state index in [2.05, 4.69) is 15.3 Å². The van der Waals surface area contributed by atoms with Gasteiger partial charge in [-0.15, -0.1) is 0 Å². The Morgan fingerprint density at radius 3 is 2.72 bits per heavy atom. The van der Waals surface area contributed by atoms with E-state index < -0.39 is 5.82 Å². The van der Waals surface area contributed by atoms with Crippen LogP contribution in [0.4, 0.5) is 14.7 Å². The van der Waals surface area contributed by atoms with Gasteiger partial charge in [-0.2, -0.15) is 9.37 Å². The molecule has 0 saturated carbocycles. The van der Waals surface area contributed by atoms with Crippen LogP contribution in [0, 0.1) is 18.6 Å². The highest BCUT2D eigenvalue weighted by Crippen LogP contribution is 2.26. The molecule has 2 aromatic rings. The molecule has 0 aliphatic rings. The fourth-order valence-corrected chi connectivity index (χ4v) is 1.37. The van der Waals surface area contributed by atoms with Gasteiger partial charge in [-0.05, 0) is 30.7 Å². The summed E-state index contributed by atoms with van der Waals surface area (Å²) in [5, 5.41) is 2.68. The Labute approximate surface area is 103 Å². The van der Waals surface area contributed by atoms with Crippen LogP contribution in [0.25, 0.3) is 0 Å². The largest absolute Gasteiger partial charge is 0.436 e. The average molecular weight is 251 g/mol. The lowest BCUT2D eigenvalue weighted by atomic mass is 10.2. The van der Waals surface area contributed by atoms with Gasteiger partial charge in [0.1, 0.15) is 11.6 Å². The van der Waals surface area contributed by atoms with E-state index in [1.165, 1.54) is 18.2 Å². The Balaban J connectivity index is 2.33. The molecule has 6 heteroatoms. The number of halogens is 2. The molecule has 0 bridgehead atoms. The Hall–Kier alpha value is -2.24. The Morgan fingerprint density at radius 1 is 1.28 bits per heavy atom. The van der Waals surface area contributed by atoms with Crippen molar-refractivity contribution in [1.82, 2.24) is 9.97 Å². The smallest absolute Gasteiger partial charge is 0.260 e.